The third-order valence-electron chi connectivity index (χ3n) is 20.2. The monoisotopic (exact) mass is 1820 g/mol. The number of carboxylic acids is 1. The molecule has 2 aliphatic rings. The van der Waals surface area contributed by atoms with Gasteiger partial charge in [0.15, 0.2) is 0 Å². The summed E-state index contributed by atoms with van der Waals surface area (Å²) in [5.74, 6) is -0.228. The molecule has 0 unspecified atom stereocenters. The summed E-state index contributed by atoms with van der Waals surface area (Å²) in [6.07, 6.45) is -1.16. The van der Waals surface area contributed by atoms with E-state index < -0.39 is 27.6 Å². The highest BCUT2D eigenvalue weighted by Crippen LogP contribution is 2.51. The van der Waals surface area contributed by atoms with Crippen molar-refractivity contribution in [1.29, 1.82) is 0 Å². The standard InChI is InChI=1S/C50H57N3O9S.C29H33NO6S.C21H26N2O4.CH4.ClH/c54-47(51-24-27-57-29-30-58-28-25-53-49(56)62-36-46-44-22-12-10-20-42(44)43-21-11-13-23-45(43)46)37-60-33-31-59-32-34-61-38-48(55)52-26-35-63-50(39-14-4-1-5-15-39,40-16-6-2-7-17-40)41-18-8-3-9-19-41;31-27(22-35-19-17-34-18-20-36-23-28(32)33)30-16-21-37-29(24-10-4-1-5-11-24,25-12-6-2-7-13-25)26-14-8-3-9-15-26;22-9-11-25-13-14-26-12-10-23-21(24)27-15-20-18-7-3-1-5-16(18)17-6-2-4-8-19(17)20;;/h1-23,46H,24-38H2,(H,51,54)(H,52,55)(H,53,56);1-15H,16-23H2,(H,30,31)(H,32,33);1-8,20H,9-15,22H2,(H,23,24);1H4;1H/p-2. The molecule has 129 heavy (non-hydrogen) atoms. The fourth-order valence-electron chi connectivity index (χ4n) is 14.5. The highest BCUT2D eigenvalue weighted by Gasteiger charge is 2.39. The molecule has 0 aliphatic heterocycles. The summed E-state index contributed by atoms with van der Waals surface area (Å²) in [5.41, 5.74) is 21.8. The van der Waals surface area contributed by atoms with Gasteiger partial charge in [0.25, 0.3) is 0 Å². The first-order valence-electron chi connectivity index (χ1n) is 42.7. The maximum Gasteiger partial charge on any atom is 0.329 e. The number of carbonyl (C=O) groups is 4. The van der Waals surface area contributed by atoms with Crippen LogP contribution < -0.4 is 31.9 Å². The molecule has 0 saturated carbocycles. The van der Waals surface area contributed by atoms with Gasteiger partial charge in [-0.2, -0.15) is 0 Å². The van der Waals surface area contributed by atoms with Crippen molar-refractivity contribution >= 4 is 71.8 Å². The normalized spacial score (nSPS) is 12.1. The lowest BCUT2D eigenvalue weighted by Gasteiger charge is -2.35. The van der Waals surface area contributed by atoms with Gasteiger partial charge in [0.1, 0.15) is 38.6 Å². The Kier molecular flexibility index (Phi) is 48.3. The number of carboxylic acid groups (broad SMARTS) is 1. The molecule has 0 fully saturated rings. The van der Waals surface area contributed by atoms with E-state index >= 15 is 0 Å². The van der Waals surface area contributed by atoms with E-state index in [2.05, 4.69) is 220 Å². The van der Waals surface area contributed by atoms with E-state index in [4.69, 9.17) is 67.7 Å². The van der Waals surface area contributed by atoms with Gasteiger partial charge in [0, 0.05) is 62.7 Å². The summed E-state index contributed by atoms with van der Waals surface area (Å²) in [7, 11) is 0. The number of nitrogens with zero attached hydrogens (tertiary/aromatic N) is 2. The zero-order valence-corrected chi connectivity index (χ0v) is 74.4. The number of aliphatic imine (C=N–C) groups is 2. The second kappa shape index (κ2) is 60.1. The number of thioether (sulfide) groups is 2. The van der Waals surface area contributed by atoms with Crippen LogP contribution in [0.25, 0.3) is 22.3 Å². The van der Waals surface area contributed by atoms with Crippen molar-refractivity contribution in [3.05, 3.63) is 335 Å². The first-order valence-corrected chi connectivity index (χ1v) is 44.6. The van der Waals surface area contributed by atoms with Gasteiger partial charge in [-0.15, -0.1) is 35.9 Å². The number of halogens is 1. The second-order valence-electron chi connectivity index (χ2n) is 28.7. The lowest BCUT2D eigenvalue weighted by molar-refractivity contribution is -0.252. The fraction of sp³-hybridized carbons (Fsp3) is 0.347. The summed E-state index contributed by atoms with van der Waals surface area (Å²) in [4.78, 5) is 55.0. The minimum atomic E-state index is -1.02. The van der Waals surface area contributed by atoms with E-state index in [1.165, 1.54) is 66.8 Å². The van der Waals surface area contributed by atoms with E-state index in [1.807, 2.05) is 84.9 Å². The van der Waals surface area contributed by atoms with Gasteiger partial charge in [0.2, 0.25) is 17.7 Å². The fourth-order valence-corrected chi connectivity index (χ4v) is 17.3. The van der Waals surface area contributed by atoms with Crippen LogP contribution >= 0.6 is 35.9 Å². The molecule has 0 aromatic heterocycles. The Bertz CT molecular complexity index is 4610. The molecule has 0 bridgehead atoms. The molecule has 0 atom stereocenters. The minimum Gasteiger partial charge on any atom is -0.599 e. The van der Waals surface area contributed by atoms with Crippen molar-refractivity contribution in [3.63, 3.8) is 0 Å². The zero-order valence-electron chi connectivity index (χ0n) is 71.9. The Morgan fingerprint density at radius 2 is 0.566 bits per heavy atom. The average Bonchev–Trinajstić information content (AvgIpc) is 1.60. The third kappa shape index (κ3) is 33.9. The van der Waals surface area contributed by atoms with Crippen molar-refractivity contribution in [2.75, 3.05) is 196 Å². The summed E-state index contributed by atoms with van der Waals surface area (Å²) in [6, 6.07) is 95.5. The largest absolute Gasteiger partial charge is 0.599 e. The molecule has 12 rings (SSSR count). The molecule has 6 N–H and O–H groups in total. The van der Waals surface area contributed by atoms with Gasteiger partial charge in [0.05, 0.1) is 128 Å². The molecule has 0 saturated heterocycles. The van der Waals surface area contributed by atoms with Crippen molar-refractivity contribution in [2.24, 2.45) is 15.7 Å². The van der Waals surface area contributed by atoms with E-state index in [9.17, 15) is 29.4 Å². The number of ether oxygens (including phenoxy) is 12. The Balaban J connectivity index is 0.000000263. The lowest BCUT2D eigenvalue weighted by atomic mass is 9.84. The Hall–Kier alpha value is -10.8. The van der Waals surface area contributed by atoms with Crippen LogP contribution in [0.5, 0.6) is 0 Å². The first kappa shape index (κ1) is 104. The number of hydrogen-bond donors (Lipinski definition) is 5. The zero-order chi connectivity index (χ0) is 88.9. The summed E-state index contributed by atoms with van der Waals surface area (Å²) in [5, 5.41) is 41.3. The quantitative estimate of drug-likeness (QED) is 0.0102. The number of hydrogen-bond acceptors (Lipinski definition) is 23. The van der Waals surface area contributed by atoms with Crippen LogP contribution in [0.2, 0.25) is 0 Å². The lowest BCUT2D eigenvalue weighted by Crippen LogP contribution is -2.32. The van der Waals surface area contributed by atoms with Gasteiger partial charge in [-0.25, -0.2) is 4.79 Å². The number of nitrogens with two attached hydrogens (primary N) is 1. The summed E-state index contributed by atoms with van der Waals surface area (Å²) < 4.78 is 63.4. The number of nitrogens with one attached hydrogen (secondary N) is 3. The molecule has 25 nitrogen and oxygen atoms in total. The molecule has 0 spiro atoms. The van der Waals surface area contributed by atoms with Crippen LogP contribution in [0.1, 0.15) is 74.9 Å². The summed E-state index contributed by atoms with van der Waals surface area (Å²) in [6.45, 7) is 7.39. The molecule has 10 aromatic carbocycles. The Morgan fingerprint density at radius 1 is 0.326 bits per heavy atom. The van der Waals surface area contributed by atoms with Crippen LogP contribution in [0.3, 0.4) is 0 Å². The molecule has 28 heteroatoms. The second-order valence-corrected chi connectivity index (χ2v) is 31.4. The predicted molar refractivity (Wildman–Crippen MR) is 505 cm³/mol. The van der Waals surface area contributed by atoms with E-state index in [0.29, 0.717) is 97.1 Å². The van der Waals surface area contributed by atoms with Crippen LogP contribution in [0, 0.1) is 0 Å². The van der Waals surface area contributed by atoms with E-state index in [0.717, 1.165) is 11.1 Å². The number of aliphatic carboxylic acids is 1. The van der Waals surface area contributed by atoms with Crippen molar-refractivity contribution < 1.29 is 91.3 Å². The van der Waals surface area contributed by atoms with E-state index in [1.54, 1.807) is 23.5 Å². The topological polar surface area (TPSA) is 332 Å². The number of fused-ring (bicyclic) bond motifs is 6. The van der Waals surface area contributed by atoms with Gasteiger partial charge in [-0.3, -0.25) is 24.4 Å². The maximum absolute atomic E-state index is 12.5. The maximum atomic E-state index is 12.5. The van der Waals surface area contributed by atoms with Crippen molar-refractivity contribution in [1.82, 2.24) is 16.0 Å². The van der Waals surface area contributed by atoms with Crippen molar-refractivity contribution in [2.45, 2.75) is 28.8 Å². The molecule has 0 heterocycles. The number of amides is 3. The molecule has 10 aromatic rings. The molecule has 2 aliphatic carbocycles. The highest BCUT2D eigenvalue weighted by atomic mass is 35.5. The van der Waals surface area contributed by atoms with Gasteiger partial charge >= 0.3 is 5.97 Å². The molecule has 3 amide bonds. The van der Waals surface area contributed by atoms with Crippen molar-refractivity contribution in [3.8, 4) is 22.3 Å². The van der Waals surface area contributed by atoms with Gasteiger partial charge in [-0.1, -0.05) is 286 Å². The number of rotatable bonds is 55. The molecular weight excluding hydrogens is 1700 g/mol. The minimum absolute atomic E-state index is 0. The SMILES string of the molecule is C.Cl.NCCOCCOCCN=C([O-])OCC1c2ccccc2-c2ccccc21.O=C(COCCOCCOCC(=O)NCCSC(c1ccccc1)(c1ccccc1)c1ccccc1)NCCOCCOCCN=C([O-])OCC1c2ccccc2-c2ccccc21.O=C(O)COCCOCCOCC(=O)NCCSC(c1ccccc1)(c1ccccc1)c1ccccc1. The molecular formula is C101H119ClN6O19S2-2. The Labute approximate surface area is 771 Å². The average molecular weight is 1820 g/mol. The van der Waals surface area contributed by atoms with Crippen LogP contribution in [0.4, 0.5) is 0 Å². The first-order chi connectivity index (χ1) is 62.5. The predicted octanol–water partition coefficient (Wildman–Crippen LogP) is 12.1. The highest BCUT2D eigenvalue weighted by molar-refractivity contribution is 8.00. The number of carbonyl (C=O) groups excluding carboxylic acids is 3. The van der Waals surface area contributed by atoms with Gasteiger partial charge < -0.3 is 93.8 Å². The third-order valence-corrected chi connectivity index (χ3v) is 23.3. The molecule has 688 valence electrons. The molecule has 0 radical (unpaired) electrons. The smallest absolute Gasteiger partial charge is 0.329 e. The van der Waals surface area contributed by atoms with E-state index in [-0.39, 0.29) is 148 Å². The van der Waals surface area contributed by atoms with Gasteiger partial charge in [-0.05, 0) is 77.9 Å². The number of benzene rings is 10. The van der Waals surface area contributed by atoms with Crippen LogP contribution in [0.15, 0.2) is 289 Å². The Morgan fingerprint density at radius 3 is 0.853 bits per heavy atom. The van der Waals surface area contributed by atoms with Crippen LogP contribution in [-0.2, 0) is 85.5 Å². The summed E-state index contributed by atoms with van der Waals surface area (Å²) >= 11 is 3.58. The van der Waals surface area contributed by atoms with Crippen LogP contribution in [-0.4, -0.2) is 237 Å².